The number of aromatic nitrogens is 1. The Morgan fingerprint density at radius 1 is 1.47 bits per heavy atom. The van der Waals surface area contributed by atoms with Crippen LogP contribution in [0.15, 0.2) is 10.6 Å². The highest BCUT2D eigenvalue weighted by Gasteiger charge is 2.13. The maximum Gasteiger partial charge on any atom is 0.151 e. The molecule has 86 valence electrons. The monoisotopic (exact) mass is 211 g/mol. The lowest BCUT2D eigenvalue weighted by atomic mass is 10.1. The second-order valence-corrected chi connectivity index (χ2v) is 3.87. The third-order valence-electron chi connectivity index (χ3n) is 2.79. The van der Waals surface area contributed by atoms with Crippen LogP contribution in [0.25, 0.3) is 0 Å². The molecule has 0 spiro atoms. The number of nitrogens with two attached hydrogens (primary N) is 1. The Labute approximate surface area is 91.4 Å². The fraction of sp³-hybridized carbons (Fsp3) is 0.727. The van der Waals surface area contributed by atoms with Gasteiger partial charge in [0.15, 0.2) is 5.76 Å². The van der Waals surface area contributed by atoms with Crippen molar-refractivity contribution in [2.24, 2.45) is 5.73 Å². The molecule has 0 saturated carbocycles. The van der Waals surface area contributed by atoms with E-state index < -0.39 is 0 Å². The minimum absolute atomic E-state index is 0.443. The molecule has 0 aromatic carbocycles. The predicted molar refractivity (Wildman–Crippen MR) is 60.2 cm³/mol. The van der Waals surface area contributed by atoms with Crippen molar-refractivity contribution in [3.05, 3.63) is 17.5 Å². The van der Waals surface area contributed by atoms with E-state index in [9.17, 15) is 0 Å². The van der Waals surface area contributed by atoms with Gasteiger partial charge in [-0.3, -0.25) is 4.90 Å². The van der Waals surface area contributed by atoms with E-state index in [-0.39, 0.29) is 0 Å². The van der Waals surface area contributed by atoms with Crippen LogP contribution in [-0.4, -0.2) is 23.1 Å². The van der Waals surface area contributed by atoms with Crippen LogP contribution in [0, 0.1) is 0 Å². The highest BCUT2D eigenvalue weighted by molar-refractivity contribution is 5.04. The van der Waals surface area contributed by atoms with E-state index in [2.05, 4.69) is 31.0 Å². The molecule has 0 aliphatic heterocycles. The van der Waals surface area contributed by atoms with Crippen LogP contribution in [0.5, 0.6) is 0 Å². The van der Waals surface area contributed by atoms with E-state index >= 15 is 0 Å². The Balaban J connectivity index is 2.53. The highest BCUT2D eigenvalue weighted by Crippen LogP contribution is 2.12. The van der Waals surface area contributed by atoms with Gasteiger partial charge in [0.1, 0.15) is 0 Å². The van der Waals surface area contributed by atoms with Crippen LogP contribution in [-0.2, 0) is 13.1 Å². The van der Waals surface area contributed by atoms with E-state index in [0.29, 0.717) is 12.6 Å². The van der Waals surface area contributed by atoms with Crippen LogP contribution in [0.3, 0.4) is 0 Å². The first-order valence-corrected chi connectivity index (χ1v) is 5.56. The molecule has 0 saturated heterocycles. The predicted octanol–water partition coefficient (Wildman–Crippen LogP) is 1.75. The van der Waals surface area contributed by atoms with Gasteiger partial charge in [-0.05, 0) is 19.9 Å². The summed E-state index contributed by atoms with van der Waals surface area (Å²) in [5.41, 5.74) is 6.29. The molecule has 0 amide bonds. The lowest BCUT2D eigenvalue weighted by molar-refractivity contribution is 0.197. The summed E-state index contributed by atoms with van der Waals surface area (Å²) in [6.45, 7) is 5.66. The summed E-state index contributed by atoms with van der Waals surface area (Å²) >= 11 is 0. The minimum Gasteiger partial charge on any atom is -0.360 e. The van der Waals surface area contributed by atoms with Crippen molar-refractivity contribution in [2.45, 2.75) is 45.8 Å². The maximum absolute atomic E-state index is 5.47. The molecule has 1 aromatic rings. The average Bonchev–Trinajstić information content (AvgIpc) is 2.67. The molecule has 4 nitrogen and oxygen atoms in total. The van der Waals surface area contributed by atoms with E-state index in [0.717, 1.165) is 30.8 Å². The van der Waals surface area contributed by atoms with Crippen LogP contribution < -0.4 is 5.73 Å². The Morgan fingerprint density at radius 3 is 2.60 bits per heavy atom. The molecule has 1 aromatic heterocycles. The van der Waals surface area contributed by atoms with E-state index in [1.165, 1.54) is 0 Å². The third-order valence-corrected chi connectivity index (χ3v) is 2.79. The standard InChI is InChI=1S/C11H21N3O/c1-4-10(5-2)14(3)8-11-6-9(7-12)13-15-11/h6,10H,4-5,7-8,12H2,1-3H3. The zero-order valence-corrected chi connectivity index (χ0v) is 9.86. The minimum atomic E-state index is 0.443. The molecule has 0 aliphatic rings. The van der Waals surface area contributed by atoms with Crippen LogP contribution in [0.4, 0.5) is 0 Å². The number of hydrogen-bond donors (Lipinski definition) is 1. The second kappa shape index (κ2) is 5.88. The number of rotatable bonds is 6. The van der Waals surface area contributed by atoms with Crippen molar-refractivity contribution < 1.29 is 4.52 Å². The topological polar surface area (TPSA) is 55.3 Å². The van der Waals surface area contributed by atoms with Gasteiger partial charge < -0.3 is 10.3 Å². The summed E-state index contributed by atoms with van der Waals surface area (Å²) in [5, 5.41) is 3.87. The summed E-state index contributed by atoms with van der Waals surface area (Å²) < 4.78 is 5.19. The van der Waals surface area contributed by atoms with Gasteiger partial charge in [0.25, 0.3) is 0 Å². The van der Waals surface area contributed by atoms with Crippen LogP contribution in [0.2, 0.25) is 0 Å². The lowest BCUT2D eigenvalue weighted by Crippen LogP contribution is -2.29. The van der Waals surface area contributed by atoms with E-state index in [1.54, 1.807) is 0 Å². The van der Waals surface area contributed by atoms with Gasteiger partial charge in [-0.25, -0.2) is 0 Å². The third kappa shape index (κ3) is 3.32. The molecule has 0 aliphatic carbocycles. The Bertz CT molecular complexity index is 281. The van der Waals surface area contributed by atoms with Gasteiger partial charge in [-0.2, -0.15) is 0 Å². The quantitative estimate of drug-likeness (QED) is 0.779. The Hall–Kier alpha value is -0.870. The van der Waals surface area contributed by atoms with Crippen molar-refractivity contribution in [2.75, 3.05) is 7.05 Å². The molecular formula is C11H21N3O. The fourth-order valence-electron chi connectivity index (χ4n) is 1.81. The number of nitrogens with zero attached hydrogens (tertiary/aromatic N) is 2. The average molecular weight is 211 g/mol. The van der Waals surface area contributed by atoms with Crippen LogP contribution in [0.1, 0.15) is 38.1 Å². The SMILES string of the molecule is CCC(CC)N(C)Cc1cc(CN)no1. The van der Waals surface area contributed by atoms with Crippen molar-refractivity contribution in [1.82, 2.24) is 10.1 Å². The normalized spacial score (nSPS) is 11.6. The molecule has 1 rings (SSSR count). The molecular weight excluding hydrogens is 190 g/mol. The van der Waals surface area contributed by atoms with Crippen molar-refractivity contribution >= 4 is 0 Å². The first-order valence-electron chi connectivity index (χ1n) is 5.56. The summed E-state index contributed by atoms with van der Waals surface area (Å²) in [6.07, 6.45) is 2.32. The van der Waals surface area contributed by atoms with E-state index in [1.807, 2.05) is 6.07 Å². The van der Waals surface area contributed by atoms with E-state index in [4.69, 9.17) is 10.3 Å². The first kappa shape index (κ1) is 12.2. The molecule has 1 heterocycles. The molecule has 4 heteroatoms. The summed E-state index contributed by atoms with van der Waals surface area (Å²) in [5.74, 6) is 0.893. The maximum atomic E-state index is 5.47. The molecule has 0 atom stereocenters. The summed E-state index contributed by atoms with van der Waals surface area (Å²) in [4.78, 5) is 2.29. The zero-order chi connectivity index (χ0) is 11.3. The number of hydrogen-bond acceptors (Lipinski definition) is 4. The molecule has 0 fully saturated rings. The zero-order valence-electron chi connectivity index (χ0n) is 9.86. The Morgan fingerprint density at radius 2 is 2.13 bits per heavy atom. The molecule has 0 bridgehead atoms. The van der Waals surface area contributed by atoms with Crippen LogP contribution >= 0.6 is 0 Å². The Kier molecular flexibility index (Phi) is 4.78. The van der Waals surface area contributed by atoms with Gasteiger partial charge in [0, 0.05) is 18.7 Å². The van der Waals surface area contributed by atoms with Crippen molar-refractivity contribution in [3.63, 3.8) is 0 Å². The fourth-order valence-corrected chi connectivity index (χ4v) is 1.81. The van der Waals surface area contributed by atoms with Crippen molar-refractivity contribution in [3.8, 4) is 0 Å². The molecule has 0 unspecified atom stereocenters. The molecule has 15 heavy (non-hydrogen) atoms. The van der Waals surface area contributed by atoms with Gasteiger partial charge in [0.05, 0.1) is 12.2 Å². The first-order chi connectivity index (χ1) is 7.21. The molecule has 2 N–H and O–H groups in total. The molecule has 0 radical (unpaired) electrons. The smallest absolute Gasteiger partial charge is 0.151 e. The van der Waals surface area contributed by atoms with Gasteiger partial charge >= 0.3 is 0 Å². The van der Waals surface area contributed by atoms with Gasteiger partial charge in [0.2, 0.25) is 0 Å². The lowest BCUT2D eigenvalue weighted by Gasteiger charge is -2.24. The summed E-state index contributed by atoms with van der Waals surface area (Å²) in [6, 6.07) is 2.54. The van der Waals surface area contributed by atoms with Crippen molar-refractivity contribution in [1.29, 1.82) is 0 Å². The summed E-state index contributed by atoms with van der Waals surface area (Å²) in [7, 11) is 2.11. The van der Waals surface area contributed by atoms with Gasteiger partial charge in [-0.1, -0.05) is 19.0 Å². The van der Waals surface area contributed by atoms with Gasteiger partial charge in [-0.15, -0.1) is 0 Å². The second-order valence-electron chi connectivity index (χ2n) is 3.87. The highest BCUT2D eigenvalue weighted by atomic mass is 16.5. The largest absolute Gasteiger partial charge is 0.360 e.